The number of aromatic amines is 2. The number of nitrogens with one attached hydrogen (secondary N) is 3. The minimum atomic E-state index is -2.66. The number of anilines is 1. The summed E-state index contributed by atoms with van der Waals surface area (Å²) in [4.78, 5) is 21.8. The zero-order valence-electron chi connectivity index (χ0n) is 13.0. The molecule has 2 heterocycles. The highest BCUT2D eigenvalue weighted by Gasteiger charge is 2.13. The van der Waals surface area contributed by atoms with Gasteiger partial charge >= 0.3 is 0 Å². The third kappa shape index (κ3) is 2.96. The first-order chi connectivity index (χ1) is 12.1. The Morgan fingerprint density at radius 3 is 2.84 bits per heavy atom. The van der Waals surface area contributed by atoms with Crippen molar-refractivity contribution in [3.63, 3.8) is 0 Å². The monoisotopic (exact) mass is 340 g/mol. The van der Waals surface area contributed by atoms with Crippen LogP contribution in [0.4, 0.5) is 14.5 Å². The van der Waals surface area contributed by atoms with Crippen LogP contribution in [0.2, 0.25) is 0 Å². The van der Waals surface area contributed by atoms with Gasteiger partial charge in [0.2, 0.25) is 5.91 Å². The quantitative estimate of drug-likeness (QED) is 0.522. The second kappa shape index (κ2) is 6.01. The molecule has 4 aromatic rings. The number of benzene rings is 2. The van der Waals surface area contributed by atoms with Gasteiger partial charge in [-0.1, -0.05) is 18.2 Å². The van der Waals surface area contributed by atoms with E-state index in [1.807, 2.05) is 30.5 Å². The number of halogens is 2. The third-order valence-electron chi connectivity index (χ3n) is 4.02. The summed E-state index contributed by atoms with van der Waals surface area (Å²) in [6.45, 7) is 0. The molecule has 3 N–H and O–H groups in total. The summed E-state index contributed by atoms with van der Waals surface area (Å²) in [5.41, 5.74) is 3.28. The Balaban J connectivity index is 1.53. The van der Waals surface area contributed by atoms with Crippen LogP contribution in [0.15, 0.2) is 48.7 Å². The number of imidazole rings is 1. The highest BCUT2D eigenvalue weighted by molar-refractivity contribution is 5.97. The molecule has 7 heteroatoms. The molecular formula is C18H14F2N4O. The minimum Gasteiger partial charge on any atom is -0.361 e. The Morgan fingerprint density at radius 1 is 1.16 bits per heavy atom. The number of hydrogen-bond acceptors (Lipinski definition) is 2. The molecule has 5 nitrogen and oxygen atoms in total. The summed E-state index contributed by atoms with van der Waals surface area (Å²) in [5.74, 6) is -0.564. The fourth-order valence-electron chi connectivity index (χ4n) is 2.86. The Hall–Kier alpha value is -3.22. The van der Waals surface area contributed by atoms with E-state index >= 15 is 0 Å². The summed E-state index contributed by atoms with van der Waals surface area (Å²) in [7, 11) is 0. The van der Waals surface area contributed by atoms with E-state index < -0.39 is 6.43 Å². The fourth-order valence-corrected chi connectivity index (χ4v) is 2.86. The van der Waals surface area contributed by atoms with Crippen molar-refractivity contribution in [1.29, 1.82) is 0 Å². The van der Waals surface area contributed by atoms with Gasteiger partial charge in [-0.2, -0.15) is 0 Å². The maximum Gasteiger partial charge on any atom is 0.295 e. The molecule has 0 aliphatic carbocycles. The Bertz CT molecular complexity index is 1070. The molecule has 2 aromatic heterocycles. The predicted molar refractivity (Wildman–Crippen MR) is 91.7 cm³/mol. The Morgan fingerprint density at radius 2 is 2.00 bits per heavy atom. The molecule has 0 aliphatic rings. The number of hydrogen-bond donors (Lipinski definition) is 3. The minimum absolute atomic E-state index is 0.186. The van der Waals surface area contributed by atoms with Crippen molar-refractivity contribution in [1.82, 2.24) is 15.0 Å². The third-order valence-corrected chi connectivity index (χ3v) is 4.02. The number of aromatic nitrogens is 3. The molecule has 4 rings (SSSR count). The van der Waals surface area contributed by atoms with Crippen molar-refractivity contribution in [2.45, 2.75) is 12.8 Å². The lowest BCUT2D eigenvalue weighted by Crippen LogP contribution is -2.14. The van der Waals surface area contributed by atoms with E-state index in [1.165, 1.54) is 0 Å². The summed E-state index contributed by atoms with van der Waals surface area (Å²) >= 11 is 0. The molecule has 0 unspecified atom stereocenters. The van der Waals surface area contributed by atoms with Crippen LogP contribution in [0.1, 0.15) is 17.8 Å². The van der Waals surface area contributed by atoms with Crippen LogP contribution in [-0.2, 0) is 11.2 Å². The van der Waals surface area contributed by atoms with Crippen molar-refractivity contribution >= 4 is 33.5 Å². The summed E-state index contributed by atoms with van der Waals surface area (Å²) in [5, 5.41) is 3.78. The highest BCUT2D eigenvalue weighted by atomic mass is 19.3. The summed E-state index contributed by atoms with van der Waals surface area (Å²) < 4.78 is 25.4. The lowest BCUT2D eigenvalue weighted by atomic mass is 10.1. The van der Waals surface area contributed by atoms with Crippen LogP contribution >= 0.6 is 0 Å². The lowest BCUT2D eigenvalue weighted by Gasteiger charge is -2.04. The smallest absolute Gasteiger partial charge is 0.295 e. The van der Waals surface area contributed by atoms with E-state index in [4.69, 9.17) is 0 Å². The van der Waals surface area contributed by atoms with Crippen molar-refractivity contribution in [2.75, 3.05) is 5.32 Å². The molecule has 0 radical (unpaired) electrons. The van der Waals surface area contributed by atoms with E-state index in [-0.39, 0.29) is 18.2 Å². The van der Waals surface area contributed by atoms with E-state index in [1.54, 1.807) is 18.2 Å². The van der Waals surface area contributed by atoms with Gasteiger partial charge in [0.25, 0.3) is 6.43 Å². The molecule has 126 valence electrons. The van der Waals surface area contributed by atoms with E-state index in [0.29, 0.717) is 16.7 Å². The summed E-state index contributed by atoms with van der Waals surface area (Å²) in [6, 6.07) is 12.6. The largest absolute Gasteiger partial charge is 0.361 e. The number of fused-ring (bicyclic) bond motifs is 2. The zero-order valence-corrected chi connectivity index (χ0v) is 13.0. The molecule has 25 heavy (non-hydrogen) atoms. The van der Waals surface area contributed by atoms with Gasteiger partial charge in [-0.05, 0) is 29.8 Å². The number of carbonyl (C=O) groups is 1. The number of H-pyrrole nitrogens is 2. The fraction of sp³-hybridized carbons (Fsp3) is 0.111. The number of rotatable bonds is 4. The highest BCUT2D eigenvalue weighted by Crippen LogP contribution is 2.23. The normalized spacial score (nSPS) is 11.5. The average molecular weight is 340 g/mol. The number of alkyl halides is 2. The molecular weight excluding hydrogens is 326 g/mol. The molecule has 0 atom stereocenters. The summed E-state index contributed by atoms with van der Waals surface area (Å²) in [6.07, 6.45) is -0.631. The standard InChI is InChI=1S/C18H14F2N4O/c19-17(20)18-23-14-6-5-11(8-15(14)24-18)22-16(25)7-10-9-21-13-4-2-1-3-12(10)13/h1-6,8-9,17,21H,7H2,(H,22,25)(H,23,24). The molecule has 0 bridgehead atoms. The van der Waals surface area contributed by atoms with Crippen LogP contribution in [0.25, 0.3) is 21.9 Å². The van der Waals surface area contributed by atoms with Crippen molar-refractivity contribution < 1.29 is 13.6 Å². The molecule has 1 amide bonds. The van der Waals surface area contributed by atoms with Crippen LogP contribution < -0.4 is 5.32 Å². The van der Waals surface area contributed by atoms with Gasteiger partial charge < -0.3 is 15.3 Å². The van der Waals surface area contributed by atoms with Gasteiger partial charge in [-0.15, -0.1) is 0 Å². The topological polar surface area (TPSA) is 73.6 Å². The van der Waals surface area contributed by atoms with E-state index in [0.717, 1.165) is 16.5 Å². The second-order valence-electron chi connectivity index (χ2n) is 5.74. The molecule has 0 fully saturated rings. The maximum absolute atomic E-state index is 12.7. The first-order valence-electron chi connectivity index (χ1n) is 7.73. The van der Waals surface area contributed by atoms with Crippen LogP contribution in [0.3, 0.4) is 0 Å². The van der Waals surface area contributed by atoms with Gasteiger partial charge in [0, 0.05) is 22.8 Å². The number of para-hydroxylation sites is 1. The van der Waals surface area contributed by atoms with Crippen molar-refractivity contribution in [3.8, 4) is 0 Å². The molecule has 0 spiro atoms. The second-order valence-corrected chi connectivity index (χ2v) is 5.74. The predicted octanol–water partition coefficient (Wildman–Crippen LogP) is 4.16. The van der Waals surface area contributed by atoms with Crippen LogP contribution in [0.5, 0.6) is 0 Å². The SMILES string of the molecule is O=C(Cc1c[nH]c2ccccc12)Nc1ccc2[nH]c(C(F)F)nc2c1. The lowest BCUT2D eigenvalue weighted by molar-refractivity contribution is -0.115. The van der Waals surface area contributed by atoms with Gasteiger partial charge in [0.1, 0.15) is 0 Å². The number of carbonyl (C=O) groups excluding carboxylic acids is 1. The maximum atomic E-state index is 12.7. The molecule has 2 aromatic carbocycles. The van der Waals surface area contributed by atoms with Crippen molar-refractivity contribution in [2.24, 2.45) is 0 Å². The van der Waals surface area contributed by atoms with E-state index in [2.05, 4.69) is 20.3 Å². The van der Waals surface area contributed by atoms with Gasteiger partial charge in [-0.25, -0.2) is 13.8 Å². The van der Waals surface area contributed by atoms with Crippen LogP contribution in [0, 0.1) is 0 Å². The molecule has 0 saturated heterocycles. The first kappa shape index (κ1) is 15.3. The van der Waals surface area contributed by atoms with E-state index in [9.17, 15) is 13.6 Å². The average Bonchev–Trinajstić information content (AvgIpc) is 3.19. The Kier molecular flexibility index (Phi) is 3.68. The number of nitrogens with zero attached hydrogens (tertiary/aromatic N) is 1. The molecule has 0 aliphatic heterocycles. The number of amides is 1. The van der Waals surface area contributed by atoms with Gasteiger partial charge in [0.05, 0.1) is 17.5 Å². The zero-order chi connectivity index (χ0) is 17.4. The first-order valence-corrected chi connectivity index (χ1v) is 7.73. The van der Waals surface area contributed by atoms with Gasteiger partial charge in [0.15, 0.2) is 5.82 Å². The van der Waals surface area contributed by atoms with Crippen LogP contribution in [-0.4, -0.2) is 20.9 Å². The Labute approximate surface area is 141 Å². The van der Waals surface area contributed by atoms with Crippen molar-refractivity contribution in [3.05, 3.63) is 60.0 Å². The molecule has 0 saturated carbocycles. The van der Waals surface area contributed by atoms with Gasteiger partial charge in [-0.3, -0.25) is 4.79 Å².